The summed E-state index contributed by atoms with van der Waals surface area (Å²) in [6, 6.07) is 0. The topological polar surface area (TPSA) is 110 Å². The van der Waals surface area contributed by atoms with Gasteiger partial charge in [0.25, 0.3) is 0 Å². The van der Waals surface area contributed by atoms with Crippen LogP contribution in [0.1, 0.15) is 6.92 Å². The minimum Gasteiger partial charge on any atom is -0.269 e. The molecule has 0 aromatic carbocycles. The molecule has 2 N–H and O–H groups in total. The molecule has 7 heteroatoms. The first-order valence-electron chi connectivity index (χ1n) is 1.66. The lowest BCUT2D eigenvalue weighted by molar-refractivity contribution is -0.729. The predicted molar refractivity (Wildman–Crippen MR) is 24.0 cm³/mol. The van der Waals surface area contributed by atoms with Crippen molar-refractivity contribution in [2.24, 2.45) is 0 Å². The summed E-state index contributed by atoms with van der Waals surface area (Å²) >= 11 is 0. The Labute approximate surface area is 49.5 Å². The second-order valence-electron chi connectivity index (χ2n) is 0.806. The molecule has 0 amide bonds. The van der Waals surface area contributed by atoms with Gasteiger partial charge in [-0.1, -0.05) is 0 Å². The van der Waals surface area contributed by atoms with Crippen LogP contribution in [-0.4, -0.2) is 21.6 Å². The van der Waals surface area contributed by atoms with Gasteiger partial charge in [0.1, 0.15) is 0 Å². The fraction of sp³-hybridized carbons (Fsp3) is 0.500. The van der Waals surface area contributed by atoms with Gasteiger partial charge in [0.15, 0.2) is 0 Å². The third-order valence-corrected chi connectivity index (χ3v) is 0.203. The van der Waals surface area contributed by atoms with E-state index in [0.717, 1.165) is 6.92 Å². The molecule has 9 heavy (non-hydrogen) atoms. The van der Waals surface area contributed by atoms with Crippen molar-refractivity contribution in [3.63, 3.8) is 0 Å². The van der Waals surface area contributed by atoms with Gasteiger partial charge in [-0.2, -0.15) is 0 Å². The molecule has 0 atom stereocenters. The molecule has 54 valence electrons. The van der Waals surface area contributed by atoms with E-state index in [4.69, 9.17) is 10.5 Å². The number of hydrogen-bond donors (Lipinski definition) is 2. The summed E-state index contributed by atoms with van der Waals surface area (Å²) in [6.07, 6.45) is 0. The Balaban J connectivity index is 0. The Morgan fingerprint density at radius 3 is 2.00 bits per heavy atom. The van der Waals surface area contributed by atoms with E-state index in [2.05, 4.69) is 4.84 Å². The van der Waals surface area contributed by atoms with Gasteiger partial charge < -0.3 is 0 Å². The van der Waals surface area contributed by atoms with Crippen LogP contribution in [0.4, 0.5) is 0 Å². The van der Waals surface area contributed by atoms with E-state index in [-0.39, 0.29) is 0 Å². The maximum atomic E-state index is 9.59. The second kappa shape index (κ2) is 6.79. The van der Waals surface area contributed by atoms with Crippen molar-refractivity contribution in [3.8, 4) is 0 Å². The van der Waals surface area contributed by atoms with Crippen LogP contribution in [0, 0.1) is 10.1 Å². The predicted octanol–water partition coefficient (Wildman–Crippen LogP) is -0.241. The average molecular weight is 139 g/mol. The Morgan fingerprint density at radius 2 is 2.00 bits per heavy atom. The zero-order valence-corrected chi connectivity index (χ0v) is 4.47. The van der Waals surface area contributed by atoms with Gasteiger partial charge in [-0.25, -0.2) is 4.84 Å². The number of rotatable bonds is 1. The Kier molecular flexibility index (Phi) is 8.08. The third-order valence-electron chi connectivity index (χ3n) is 0.203. The summed E-state index contributed by atoms with van der Waals surface area (Å²) in [6.45, 7) is 0.961. The van der Waals surface area contributed by atoms with Gasteiger partial charge in [0.2, 0.25) is 0 Å². The summed E-state index contributed by atoms with van der Waals surface area (Å²) in [7, 11) is 0. The van der Waals surface area contributed by atoms with Crippen molar-refractivity contribution in [1.82, 2.24) is 0 Å². The van der Waals surface area contributed by atoms with Crippen LogP contribution in [0.15, 0.2) is 0 Å². The maximum absolute atomic E-state index is 9.59. The van der Waals surface area contributed by atoms with E-state index in [9.17, 15) is 14.9 Å². The number of hydrogen-bond acceptors (Lipinski definition) is 6. The smallest absolute Gasteiger partial charge is 0.269 e. The van der Waals surface area contributed by atoms with Gasteiger partial charge in [0.05, 0.1) is 0 Å². The highest BCUT2D eigenvalue weighted by Crippen LogP contribution is 1.72. The van der Waals surface area contributed by atoms with Crippen LogP contribution in [0.2, 0.25) is 0 Å². The van der Waals surface area contributed by atoms with E-state index in [1.54, 1.807) is 0 Å². The molecule has 0 aliphatic heterocycles. The van der Waals surface area contributed by atoms with Crippen molar-refractivity contribution >= 4 is 5.97 Å². The summed E-state index contributed by atoms with van der Waals surface area (Å²) in [5, 5.41) is 20.0. The van der Waals surface area contributed by atoms with E-state index >= 15 is 0 Å². The summed E-state index contributed by atoms with van der Waals surface area (Å²) in [4.78, 5) is 22.1. The molecule has 0 fully saturated rings. The summed E-state index contributed by atoms with van der Waals surface area (Å²) in [5.74, 6) is -0.912. The molecular weight excluding hydrogens is 134 g/mol. The number of carbonyl (C=O) groups excluding carboxylic acids is 1. The molecule has 0 bridgehead atoms. The van der Waals surface area contributed by atoms with Crippen molar-refractivity contribution in [2.75, 3.05) is 0 Å². The molecule has 0 unspecified atom stereocenters. The fourth-order valence-electron chi connectivity index (χ4n) is 0.105. The van der Waals surface area contributed by atoms with Gasteiger partial charge >= 0.3 is 11.1 Å². The van der Waals surface area contributed by atoms with Gasteiger partial charge in [-0.15, -0.1) is 10.1 Å². The molecule has 0 aromatic heterocycles. The van der Waals surface area contributed by atoms with Crippen LogP contribution in [0.5, 0.6) is 0 Å². The first kappa shape index (κ1) is 10.7. The zero-order valence-electron chi connectivity index (χ0n) is 4.47. The molecule has 0 aliphatic carbocycles. The molecular formula is C2H5NO6. The first-order valence-corrected chi connectivity index (χ1v) is 1.66. The zero-order chi connectivity index (χ0) is 7.86. The Morgan fingerprint density at radius 1 is 1.67 bits per heavy atom. The Hall–Kier alpha value is -1.21. The average Bonchev–Trinajstić information content (AvgIpc) is 1.68. The van der Waals surface area contributed by atoms with Gasteiger partial charge in [-0.3, -0.25) is 15.3 Å². The van der Waals surface area contributed by atoms with Crippen molar-refractivity contribution < 1.29 is 25.2 Å². The lowest BCUT2D eigenvalue weighted by Gasteiger charge is -1.82. The normalized spacial score (nSPS) is 6.56. The third kappa shape index (κ3) is 20.0. The van der Waals surface area contributed by atoms with Crippen molar-refractivity contribution in [2.45, 2.75) is 6.92 Å². The quantitative estimate of drug-likeness (QED) is 0.294. The first-order chi connectivity index (χ1) is 4.13. The molecule has 0 spiro atoms. The lowest BCUT2D eigenvalue weighted by Crippen LogP contribution is -2.04. The lowest BCUT2D eigenvalue weighted by atomic mass is 10.8. The fourth-order valence-corrected chi connectivity index (χ4v) is 0.105. The van der Waals surface area contributed by atoms with Gasteiger partial charge in [-0.05, 0) is 0 Å². The maximum Gasteiger partial charge on any atom is 0.302 e. The molecule has 0 heterocycles. The Bertz CT molecular complexity index is 87.2. The molecule has 0 saturated heterocycles. The number of carbonyl (C=O) groups is 1. The van der Waals surface area contributed by atoms with Crippen LogP contribution in [0.3, 0.4) is 0 Å². The highest BCUT2D eigenvalue weighted by molar-refractivity contribution is 5.64. The molecule has 7 nitrogen and oxygen atoms in total. The molecule has 0 rings (SSSR count). The molecule has 0 aliphatic rings. The second-order valence-corrected chi connectivity index (χ2v) is 0.806. The minimum absolute atomic E-state index is 0.912. The van der Waals surface area contributed by atoms with E-state index in [0.29, 0.717) is 0 Å². The highest BCUT2D eigenvalue weighted by atomic mass is 17.0. The van der Waals surface area contributed by atoms with Crippen molar-refractivity contribution in [1.29, 1.82) is 0 Å². The monoisotopic (exact) mass is 139 g/mol. The molecule has 0 aromatic rings. The standard InChI is InChI=1S/C2H3NO4.H2O2/c1-2(4)7-3(5)6;1-2/h1H3;1-2H. The largest absolute Gasteiger partial charge is 0.302 e. The van der Waals surface area contributed by atoms with Crippen molar-refractivity contribution in [3.05, 3.63) is 10.1 Å². The van der Waals surface area contributed by atoms with Crippen LogP contribution >= 0.6 is 0 Å². The molecule has 0 saturated carbocycles. The van der Waals surface area contributed by atoms with E-state index in [1.807, 2.05) is 0 Å². The summed E-state index contributed by atoms with van der Waals surface area (Å²) < 4.78 is 0. The SMILES string of the molecule is CC(=O)O[N+](=O)[O-].OO. The van der Waals surface area contributed by atoms with E-state index in [1.165, 1.54) is 0 Å². The van der Waals surface area contributed by atoms with Crippen LogP contribution in [-0.2, 0) is 9.63 Å². The molecule has 0 radical (unpaired) electrons. The van der Waals surface area contributed by atoms with Crippen LogP contribution in [0.25, 0.3) is 0 Å². The number of nitrogens with zero attached hydrogens (tertiary/aromatic N) is 1. The summed E-state index contributed by atoms with van der Waals surface area (Å²) in [5.41, 5.74) is 0. The minimum atomic E-state index is -1.15. The van der Waals surface area contributed by atoms with Crippen LogP contribution < -0.4 is 0 Å². The van der Waals surface area contributed by atoms with E-state index < -0.39 is 11.1 Å². The highest BCUT2D eigenvalue weighted by Gasteiger charge is 1.95. The van der Waals surface area contributed by atoms with Gasteiger partial charge in [0, 0.05) is 6.92 Å².